The summed E-state index contributed by atoms with van der Waals surface area (Å²) in [7, 11) is 0. The minimum Gasteiger partial charge on any atom is -0.416 e. The molecule has 7 heteroatoms. The molecule has 118 valence electrons. The molecule has 2 aromatic heterocycles. The maximum Gasteiger partial charge on any atom is 0.276 e. The molecule has 3 aromatic rings. The number of thioether (sulfide) groups is 2. The van der Waals surface area contributed by atoms with Crippen LogP contribution in [0.4, 0.5) is 0 Å². The highest BCUT2D eigenvalue weighted by atomic mass is 35.5. The molecule has 0 atom stereocenters. The first-order valence-electron chi connectivity index (χ1n) is 7.32. The maximum atomic E-state index is 6.33. The number of hydrogen-bond acceptors (Lipinski definition) is 6. The second kappa shape index (κ2) is 6.34. The second-order valence-corrected chi connectivity index (χ2v) is 7.63. The van der Waals surface area contributed by atoms with Crippen molar-refractivity contribution in [3.05, 3.63) is 40.9 Å². The number of nitrogens with zero attached hydrogens (tertiary/aromatic N) is 3. The number of halogens is 1. The molecule has 4 rings (SSSR count). The predicted octanol–water partition coefficient (Wildman–Crippen LogP) is 5.16. The van der Waals surface area contributed by atoms with Crippen LogP contribution in [0.15, 0.2) is 38.8 Å². The molecule has 1 aliphatic carbocycles. The van der Waals surface area contributed by atoms with Crippen LogP contribution in [-0.2, 0) is 5.75 Å². The van der Waals surface area contributed by atoms with Gasteiger partial charge in [-0.05, 0) is 37.3 Å². The molecule has 1 aliphatic rings. The van der Waals surface area contributed by atoms with Gasteiger partial charge in [-0.3, -0.25) is 0 Å². The number of hydrogen-bond donors (Lipinski definition) is 0. The van der Waals surface area contributed by atoms with Gasteiger partial charge in [0.05, 0.1) is 5.52 Å². The third-order valence-electron chi connectivity index (χ3n) is 3.75. The molecule has 1 saturated carbocycles. The van der Waals surface area contributed by atoms with Gasteiger partial charge in [0.15, 0.2) is 0 Å². The molecular weight excluding hydrogens is 350 g/mol. The van der Waals surface area contributed by atoms with Gasteiger partial charge in [-0.2, -0.15) is 0 Å². The average Bonchev–Trinajstić information content (AvgIpc) is 3.31. The summed E-state index contributed by atoms with van der Waals surface area (Å²) in [6, 6.07) is 8.32. The average molecular weight is 364 g/mol. The third-order valence-corrected chi connectivity index (χ3v) is 5.67. The molecule has 23 heavy (non-hydrogen) atoms. The van der Waals surface area contributed by atoms with Gasteiger partial charge in [0, 0.05) is 27.5 Å². The van der Waals surface area contributed by atoms with E-state index in [-0.39, 0.29) is 0 Å². The molecule has 1 fully saturated rings. The maximum absolute atomic E-state index is 6.33. The molecular formula is C16H14ClN3OS2. The van der Waals surface area contributed by atoms with E-state index < -0.39 is 0 Å². The van der Waals surface area contributed by atoms with Crippen molar-refractivity contribution in [3.8, 4) is 0 Å². The van der Waals surface area contributed by atoms with Crippen molar-refractivity contribution in [1.82, 2.24) is 15.2 Å². The lowest BCUT2D eigenvalue weighted by Gasteiger charge is -2.06. The van der Waals surface area contributed by atoms with Gasteiger partial charge in [-0.25, -0.2) is 4.98 Å². The highest BCUT2D eigenvalue weighted by Crippen LogP contribution is 2.40. The lowest BCUT2D eigenvalue weighted by atomic mass is 10.2. The van der Waals surface area contributed by atoms with Gasteiger partial charge < -0.3 is 4.42 Å². The summed E-state index contributed by atoms with van der Waals surface area (Å²) in [6.45, 7) is 0. The summed E-state index contributed by atoms with van der Waals surface area (Å²) in [5.41, 5.74) is 1.90. The van der Waals surface area contributed by atoms with Crippen LogP contribution in [0.5, 0.6) is 0 Å². The van der Waals surface area contributed by atoms with Gasteiger partial charge in [-0.1, -0.05) is 29.4 Å². The smallest absolute Gasteiger partial charge is 0.276 e. The fourth-order valence-electron chi connectivity index (χ4n) is 2.31. The molecule has 0 amide bonds. The van der Waals surface area contributed by atoms with E-state index in [1.807, 2.05) is 6.26 Å². The standard InChI is InChI=1S/C16H14ClN3OS2/c1-22-12-5-4-10-6-11(14(17)18-13(10)7-12)8-23-16-20-19-15(21-16)9-2-3-9/h4-7,9H,2-3,8H2,1H3. The summed E-state index contributed by atoms with van der Waals surface area (Å²) in [4.78, 5) is 5.69. The van der Waals surface area contributed by atoms with Crippen molar-refractivity contribution < 1.29 is 4.42 Å². The van der Waals surface area contributed by atoms with E-state index in [1.54, 1.807) is 11.8 Å². The number of rotatable bonds is 5. The van der Waals surface area contributed by atoms with Gasteiger partial charge in [0.2, 0.25) is 5.89 Å². The Balaban J connectivity index is 1.54. The summed E-state index contributed by atoms with van der Waals surface area (Å²) in [5.74, 6) is 1.91. The van der Waals surface area contributed by atoms with E-state index in [2.05, 4.69) is 39.4 Å². The SMILES string of the molecule is CSc1ccc2cc(CSc3nnc(C4CC4)o3)c(Cl)nc2c1. The van der Waals surface area contributed by atoms with E-state index >= 15 is 0 Å². The fourth-order valence-corrected chi connectivity index (χ4v) is 3.78. The first-order chi connectivity index (χ1) is 11.2. The quantitative estimate of drug-likeness (QED) is 0.460. The lowest BCUT2D eigenvalue weighted by molar-refractivity contribution is 0.414. The molecule has 0 radical (unpaired) electrons. The monoisotopic (exact) mass is 363 g/mol. The van der Waals surface area contributed by atoms with Crippen LogP contribution in [0.1, 0.15) is 30.2 Å². The fraction of sp³-hybridized carbons (Fsp3) is 0.312. The summed E-state index contributed by atoms with van der Waals surface area (Å²) >= 11 is 9.53. The van der Waals surface area contributed by atoms with E-state index in [4.69, 9.17) is 16.0 Å². The molecule has 0 saturated heterocycles. The van der Waals surface area contributed by atoms with Crippen LogP contribution in [0.25, 0.3) is 10.9 Å². The van der Waals surface area contributed by atoms with Crippen LogP contribution in [0, 0.1) is 0 Å². The first-order valence-corrected chi connectivity index (χ1v) is 9.91. The molecule has 2 heterocycles. The summed E-state index contributed by atoms with van der Waals surface area (Å²) in [5, 5.41) is 10.4. The molecule has 4 nitrogen and oxygen atoms in total. The number of aromatic nitrogens is 3. The number of benzene rings is 1. The van der Waals surface area contributed by atoms with Crippen molar-refractivity contribution in [1.29, 1.82) is 0 Å². The van der Waals surface area contributed by atoms with E-state index in [0.29, 0.717) is 22.0 Å². The molecule has 0 bridgehead atoms. The Labute approximate surface area is 147 Å². The van der Waals surface area contributed by atoms with Gasteiger partial charge in [-0.15, -0.1) is 22.0 Å². The lowest BCUT2D eigenvalue weighted by Crippen LogP contribution is -1.89. The Morgan fingerprint density at radius 1 is 1.26 bits per heavy atom. The largest absolute Gasteiger partial charge is 0.416 e. The van der Waals surface area contributed by atoms with Crippen LogP contribution < -0.4 is 0 Å². The zero-order chi connectivity index (χ0) is 15.8. The van der Waals surface area contributed by atoms with E-state index in [9.17, 15) is 0 Å². The van der Waals surface area contributed by atoms with Gasteiger partial charge in [0.1, 0.15) is 5.15 Å². The number of pyridine rings is 1. The molecule has 1 aromatic carbocycles. The highest BCUT2D eigenvalue weighted by Gasteiger charge is 2.29. The zero-order valence-corrected chi connectivity index (χ0v) is 14.8. The minimum atomic E-state index is 0.480. The normalized spacial score (nSPS) is 14.5. The van der Waals surface area contributed by atoms with Gasteiger partial charge in [0.25, 0.3) is 5.22 Å². The van der Waals surface area contributed by atoms with E-state index in [0.717, 1.165) is 35.2 Å². The molecule has 0 spiro atoms. The first kappa shape index (κ1) is 15.3. The topological polar surface area (TPSA) is 51.8 Å². The van der Waals surface area contributed by atoms with Crippen molar-refractivity contribution in [2.24, 2.45) is 0 Å². The predicted molar refractivity (Wildman–Crippen MR) is 94.4 cm³/mol. The van der Waals surface area contributed by atoms with Crippen molar-refractivity contribution >= 4 is 46.0 Å². The molecule has 0 aliphatic heterocycles. The second-order valence-electron chi connectivity index (χ2n) is 5.47. The Morgan fingerprint density at radius 2 is 2.13 bits per heavy atom. The van der Waals surface area contributed by atoms with Crippen LogP contribution in [-0.4, -0.2) is 21.4 Å². The van der Waals surface area contributed by atoms with Crippen LogP contribution in [0.2, 0.25) is 5.15 Å². The Morgan fingerprint density at radius 3 is 2.91 bits per heavy atom. The van der Waals surface area contributed by atoms with Crippen molar-refractivity contribution in [2.75, 3.05) is 6.26 Å². The van der Waals surface area contributed by atoms with Crippen LogP contribution >= 0.6 is 35.1 Å². The minimum absolute atomic E-state index is 0.480. The van der Waals surface area contributed by atoms with E-state index in [1.165, 1.54) is 16.7 Å². The summed E-state index contributed by atoms with van der Waals surface area (Å²) in [6.07, 6.45) is 4.36. The Hall–Kier alpha value is -1.24. The molecule has 0 N–H and O–H groups in total. The Bertz CT molecular complexity index is 864. The number of fused-ring (bicyclic) bond motifs is 1. The zero-order valence-electron chi connectivity index (χ0n) is 12.5. The van der Waals surface area contributed by atoms with Gasteiger partial charge >= 0.3 is 0 Å². The summed E-state index contributed by atoms with van der Waals surface area (Å²) < 4.78 is 5.66. The van der Waals surface area contributed by atoms with Crippen molar-refractivity contribution in [2.45, 2.75) is 34.6 Å². The van der Waals surface area contributed by atoms with Crippen molar-refractivity contribution in [3.63, 3.8) is 0 Å². The highest BCUT2D eigenvalue weighted by molar-refractivity contribution is 7.98. The molecule has 0 unspecified atom stereocenters. The third kappa shape index (κ3) is 3.34. The Kier molecular flexibility index (Phi) is 4.22. The van der Waals surface area contributed by atoms with Crippen LogP contribution in [0.3, 0.4) is 0 Å².